The van der Waals surface area contributed by atoms with Crippen molar-refractivity contribution in [2.45, 2.75) is 26.7 Å². The molecule has 1 N–H and O–H groups in total. The monoisotopic (exact) mass is 492 g/mol. The molecule has 1 saturated heterocycles. The predicted molar refractivity (Wildman–Crippen MR) is 141 cm³/mol. The Kier molecular flexibility index (Phi) is 7.29. The smallest absolute Gasteiger partial charge is 0.271 e. The second-order valence-electron chi connectivity index (χ2n) is 7.73. The molecule has 0 saturated carbocycles. The second-order valence-corrected chi connectivity index (χ2v) is 9.18. The number of benzene rings is 3. The zero-order chi connectivity index (χ0) is 24.2. The van der Waals surface area contributed by atoms with E-state index in [0.29, 0.717) is 20.7 Å². The first-order valence-corrected chi connectivity index (χ1v) is 12.2. The molecule has 0 radical (unpaired) electrons. The first-order chi connectivity index (χ1) is 16.4. The van der Waals surface area contributed by atoms with Gasteiger partial charge in [0.2, 0.25) is 0 Å². The zero-order valence-electron chi connectivity index (χ0n) is 19.2. The molecule has 0 aliphatic carbocycles. The Balaban J connectivity index is 1.79. The lowest BCUT2D eigenvalue weighted by atomic mass is 10.1. The summed E-state index contributed by atoms with van der Waals surface area (Å²) in [4.78, 5) is 20.3. The van der Waals surface area contributed by atoms with E-state index in [-0.39, 0.29) is 17.4 Å². The number of carbonyl (C=O) groups excluding carboxylic acids is 1. The van der Waals surface area contributed by atoms with E-state index in [1.54, 1.807) is 17.0 Å². The maximum atomic E-state index is 13.5. The van der Waals surface area contributed by atoms with Crippen molar-refractivity contribution in [2.75, 3.05) is 12.0 Å². The van der Waals surface area contributed by atoms with Crippen LogP contribution in [0.4, 0.5) is 11.4 Å². The number of aryl methyl sites for hydroxylation is 2. The molecule has 3 aromatic carbocycles. The fraction of sp³-hybridized carbons (Fsp3) is 0.185. The number of phenols is 1. The molecule has 1 aliphatic heterocycles. The van der Waals surface area contributed by atoms with E-state index in [1.165, 1.54) is 36.1 Å². The molecule has 4 rings (SSSR count). The number of ether oxygens (including phenoxy) is 1. The summed E-state index contributed by atoms with van der Waals surface area (Å²) in [6, 6.07) is 19.0. The van der Waals surface area contributed by atoms with Crippen molar-refractivity contribution in [2.24, 2.45) is 4.99 Å². The van der Waals surface area contributed by atoms with Gasteiger partial charge in [-0.2, -0.15) is 0 Å². The summed E-state index contributed by atoms with van der Waals surface area (Å²) in [7, 11) is 1.45. The van der Waals surface area contributed by atoms with E-state index in [9.17, 15) is 9.90 Å². The van der Waals surface area contributed by atoms with Gasteiger partial charge in [-0.15, -0.1) is 0 Å². The summed E-state index contributed by atoms with van der Waals surface area (Å²) in [5.41, 5.74) is 4.29. The summed E-state index contributed by atoms with van der Waals surface area (Å²) in [6.45, 7) is 4.19. The molecule has 34 heavy (non-hydrogen) atoms. The molecule has 1 fully saturated rings. The molecule has 1 amide bonds. The van der Waals surface area contributed by atoms with Crippen molar-refractivity contribution in [1.82, 2.24) is 0 Å². The number of amides is 1. The highest BCUT2D eigenvalue weighted by molar-refractivity contribution is 8.19. The number of carbonyl (C=O) groups is 1. The normalized spacial score (nSPS) is 16.0. The molecular weight excluding hydrogens is 468 g/mol. The van der Waals surface area contributed by atoms with Gasteiger partial charge in [-0.05, 0) is 72.1 Å². The summed E-state index contributed by atoms with van der Waals surface area (Å²) >= 11 is 7.44. The van der Waals surface area contributed by atoms with Crippen molar-refractivity contribution in [3.05, 3.63) is 87.3 Å². The molecule has 174 valence electrons. The molecule has 5 nitrogen and oxygen atoms in total. The zero-order valence-corrected chi connectivity index (χ0v) is 20.8. The number of aliphatic imine (C=N–C) groups is 1. The van der Waals surface area contributed by atoms with Crippen molar-refractivity contribution in [3.8, 4) is 11.5 Å². The van der Waals surface area contributed by atoms with E-state index < -0.39 is 0 Å². The lowest BCUT2D eigenvalue weighted by Gasteiger charge is -2.16. The van der Waals surface area contributed by atoms with Gasteiger partial charge in [-0.25, -0.2) is 4.99 Å². The Morgan fingerprint density at radius 3 is 2.24 bits per heavy atom. The van der Waals surface area contributed by atoms with Crippen molar-refractivity contribution in [1.29, 1.82) is 0 Å². The fourth-order valence-corrected chi connectivity index (χ4v) is 4.78. The SMILES string of the molecule is CCc1ccc(N=C2SC(=Cc3cc(Cl)cc(OC)c3O)C(=O)N2c2ccc(CC)cc2)cc1. The molecule has 0 bridgehead atoms. The molecule has 1 aliphatic rings. The van der Waals surface area contributed by atoms with Gasteiger partial charge in [0.1, 0.15) is 0 Å². The van der Waals surface area contributed by atoms with Gasteiger partial charge in [0.15, 0.2) is 16.7 Å². The largest absolute Gasteiger partial charge is 0.504 e. The van der Waals surface area contributed by atoms with Crippen LogP contribution in [0.3, 0.4) is 0 Å². The van der Waals surface area contributed by atoms with Crippen LogP contribution in [0.2, 0.25) is 5.02 Å². The third-order valence-electron chi connectivity index (χ3n) is 5.55. The number of anilines is 1. The number of rotatable bonds is 6. The third kappa shape index (κ3) is 4.98. The van der Waals surface area contributed by atoms with Gasteiger partial charge >= 0.3 is 0 Å². The van der Waals surface area contributed by atoms with Gasteiger partial charge in [0.25, 0.3) is 5.91 Å². The molecule has 1 heterocycles. The van der Waals surface area contributed by atoms with Crippen LogP contribution < -0.4 is 9.64 Å². The van der Waals surface area contributed by atoms with Crippen LogP contribution >= 0.6 is 23.4 Å². The van der Waals surface area contributed by atoms with E-state index in [4.69, 9.17) is 21.3 Å². The summed E-state index contributed by atoms with van der Waals surface area (Å²) in [5, 5.41) is 11.5. The van der Waals surface area contributed by atoms with Crippen LogP contribution in [-0.2, 0) is 17.6 Å². The number of thioether (sulfide) groups is 1. The van der Waals surface area contributed by atoms with Crippen LogP contribution in [0.5, 0.6) is 11.5 Å². The van der Waals surface area contributed by atoms with Crippen molar-refractivity contribution >= 4 is 51.9 Å². The van der Waals surface area contributed by atoms with E-state index in [0.717, 1.165) is 24.2 Å². The quantitative estimate of drug-likeness (QED) is 0.377. The van der Waals surface area contributed by atoms with Crippen LogP contribution in [0.15, 0.2) is 70.6 Å². The topological polar surface area (TPSA) is 62.1 Å². The average molecular weight is 493 g/mol. The fourth-order valence-electron chi connectivity index (χ4n) is 3.58. The van der Waals surface area contributed by atoms with Crippen LogP contribution in [0, 0.1) is 0 Å². The van der Waals surface area contributed by atoms with Gasteiger partial charge < -0.3 is 9.84 Å². The van der Waals surface area contributed by atoms with Crippen LogP contribution in [0.25, 0.3) is 6.08 Å². The minimum atomic E-state index is -0.225. The third-order valence-corrected chi connectivity index (χ3v) is 6.74. The highest BCUT2D eigenvalue weighted by atomic mass is 35.5. The number of methoxy groups -OCH3 is 1. The first kappa shape index (κ1) is 23.9. The standard InChI is InChI=1S/C27H25ClN2O3S/c1-4-17-6-10-21(11-7-17)29-27-30(22-12-8-18(5-2)9-13-22)26(32)24(34-27)15-19-14-20(28)16-23(33-3)25(19)31/h6-16,31H,4-5H2,1-3H3. The molecule has 0 spiro atoms. The molecular formula is C27H25ClN2O3S. The first-order valence-electron chi connectivity index (χ1n) is 11.0. The molecule has 0 unspecified atom stereocenters. The van der Waals surface area contributed by atoms with Crippen LogP contribution in [0.1, 0.15) is 30.5 Å². The molecule has 0 atom stereocenters. The maximum Gasteiger partial charge on any atom is 0.271 e. The predicted octanol–water partition coefficient (Wildman–Crippen LogP) is 6.99. The lowest BCUT2D eigenvalue weighted by Crippen LogP contribution is -2.28. The highest BCUT2D eigenvalue weighted by Crippen LogP contribution is 2.40. The maximum absolute atomic E-state index is 13.5. The number of phenolic OH excluding ortho intramolecular Hbond substituents is 1. The van der Waals surface area contributed by atoms with Gasteiger partial charge in [-0.1, -0.05) is 49.7 Å². The Bertz CT molecular complexity index is 1270. The number of hydrogen-bond donors (Lipinski definition) is 1. The van der Waals surface area contributed by atoms with Crippen molar-refractivity contribution < 1.29 is 14.6 Å². The van der Waals surface area contributed by atoms with Crippen LogP contribution in [-0.4, -0.2) is 23.3 Å². The van der Waals surface area contributed by atoms with Gasteiger partial charge in [0.05, 0.1) is 23.4 Å². The lowest BCUT2D eigenvalue weighted by molar-refractivity contribution is -0.113. The molecule has 7 heteroatoms. The minimum absolute atomic E-state index is 0.0767. The number of hydrogen-bond acceptors (Lipinski definition) is 5. The number of amidine groups is 1. The van der Waals surface area contributed by atoms with E-state index >= 15 is 0 Å². The van der Waals surface area contributed by atoms with E-state index in [1.807, 2.05) is 48.5 Å². The Labute approximate surface area is 208 Å². The summed E-state index contributed by atoms with van der Waals surface area (Å²) in [6.07, 6.45) is 3.47. The number of halogens is 1. The average Bonchev–Trinajstić information content (AvgIpc) is 3.15. The van der Waals surface area contributed by atoms with Gasteiger partial charge in [-0.3, -0.25) is 9.69 Å². The number of aromatic hydroxyl groups is 1. The highest BCUT2D eigenvalue weighted by Gasteiger charge is 2.35. The Morgan fingerprint density at radius 1 is 1.03 bits per heavy atom. The number of nitrogens with zero attached hydrogens (tertiary/aromatic N) is 2. The van der Waals surface area contributed by atoms with Crippen molar-refractivity contribution in [3.63, 3.8) is 0 Å². The Hall–Kier alpha value is -3.22. The second kappa shape index (κ2) is 10.4. The molecule has 0 aromatic heterocycles. The Morgan fingerprint density at radius 2 is 1.65 bits per heavy atom. The van der Waals surface area contributed by atoms with Gasteiger partial charge in [0, 0.05) is 16.7 Å². The van der Waals surface area contributed by atoms with E-state index in [2.05, 4.69) is 13.8 Å². The summed E-state index contributed by atoms with van der Waals surface area (Å²) in [5.74, 6) is -0.0598. The molecule has 3 aromatic rings. The minimum Gasteiger partial charge on any atom is -0.504 e. The summed E-state index contributed by atoms with van der Waals surface area (Å²) < 4.78 is 5.20.